The number of benzene rings is 1. The average molecular weight is 274 g/mol. The highest BCUT2D eigenvalue weighted by atomic mass is 14.9. The lowest BCUT2D eigenvalue weighted by molar-refractivity contribution is 0.784. The Bertz CT molecular complexity index is 830. The molecule has 0 saturated carbocycles. The van der Waals surface area contributed by atoms with Crippen molar-refractivity contribution in [2.75, 3.05) is 0 Å². The fraction of sp³-hybridized carbons (Fsp3) is 0.176. The Morgan fingerprint density at radius 1 is 1.05 bits per heavy atom. The van der Waals surface area contributed by atoms with Gasteiger partial charge in [-0.3, -0.25) is 4.98 Å². The van der Waals surface area contributed by atoms with Gasteiger partial charge in [0.1, 0.15) is 17.0 Å². The van der Waals surface area contributed by atoms with Crippen molar-refractivity contribution in [3.8, 4) is 17.3 Å². The van der Waals surface area contributed by atoms with Crippen LogP contribution in [0.3, 0.4) is 0 Å². The van der Waals surface area contributed by atoms with Crippen molar-refractivity contribution in [3.05, 3.63) is 54.0 Å². The maximum atomic E-state index is 8.90. The molecule has 0 aliphatic rings. The molecule has 0 unspecified atom stereocenters. The molecule has 2 aromatic heterocycles. The van der Waals surface area contributed by atoms with Gasteiger partial charge in [-0.25, -0.2) is 9.97 Å². The number of nitrogens with zero attached hydrogens (tertiary/aromatic N) is 4. The summed E-state index contributed by atoms with van der Waals surface area (Å²) in [6, 6.07) is 13.3. The molecule has 4 nitrogen and oxygen atoms in total. The zero-order valence-electron chi connectivity index (χ0n) is 11.9. The van der Waals surface area contributed by atoms with Crippen molar-refractivity contribution in [1.82, 2.24) is 15.0 Å². The zero-order chi connectivity index (χ0) is 14.8. The molecule has 1 aromatic carbocycles. The summed E-state index contributed by atoms with van der Waals surface area (Å²) >= 11 is 0. The smallest absolute Gasteiger partial charge is 0.132 e. The van der Waals surface area contributed by atoms with E-state index >= 15 is 0 Å². The van der Waals surface area contributed by atoms with Gasteiger partial charge in [0.05, 0.1) is 17.1 Å². The predicted molar refractivity (Wildman–Crippen MR) is 81.6 cm³/mol. The first-order chi connectivity index (χ1) is 10.2. The fourth-order valence-electron chi connectivity index (χ4n) is 2.15. The van der Waals surface area contributed by atoms with E-state index in [1.54, 1.807) is 18.3 Å². The maximum absolute atomic E-state index is 8.90. The molecule has 0 fully saturated rings. The number of hydrogen-bond acceptors (Lipinski definition) is 4. The number of hydrogen-bond donors (Lipinski definition) is 0. The normalized spacial score (nSPS) is 10.8. The van der Waals surface area contributed by atoms with E-state index in [0.29, 0.717) is 5.56 Å². The Balaban J connectivity index is 2.26. The summed E-state index contributed by atoms with van der Waals surface area (Å²) in [4.78, 5) is 13.6. The van der Waals surface area contributed by atoms with E-state index in [-0.39, 0.29) is 5.92 Å². The summed E-state index contributed by atoms with van der Waals surface area (Å²) in [7, 11) is 0. The third kappa shape index (κ3) is 2.46. The van der Waals surface area contributed by atoms with Gasteiger partial charge in [-0.05, 0) is 24.3 Å². The molecule has 0 amide bonds. The van der Waals surface area contributed by atoms with E-state index in [0.717, 1.165) is 28.1 Å². The quantitative estimate of drug-likeness (QED) is 0.715. The molecule has 4 heteroatoms. The molecule has 102 valence electrons. The largest absolute Gasteiger partial charge is 0.252 e. The van der Waals surface area contributed by atoms with Crippen LogP contribution in [0, 0.1) is 11.3 Å². The van der Waals surface area contributed by atoms with Crippen molar-refractivity contribution in [2.24, 2.45) is 0 Å². The van der Waals surface area contributed by atoms with Crippen LogP contribution in [0.5, 0.6) is 0 Å². The molecule has 3 aromatic rings. The number of fused-ring (bicyclic) bond motifs is 1. The van der Waals surface area contributed by atoms with Gasteiger partial charge >= 0.3 is 0 Å². The molecule has 3 rings (SSSR count). The average Bonchev–Trinajstić information content (AvgIpc) is 2.54. The Labute approximate surface area is 123 Å². The molecule has 21 heavy (non-hydrogen) atoms. The van der Waals surface area contributed by atoms with E-state index in [2.05, 4.69) is 34.9 Å². The van der Waals surface area contributed by atoms with Crippen LogP contribution in [-0.4, -0.2) is 15.0 Å². The van der Waals surface area contributed by atoms with Gasteiger partial charge in [-0.15, -0.1) is 0 Å². The van der Waals surface area contributed by atoms with Gasteiger partial charge in [-0.2, -0.15) is 5.26 Å². The van der Waals surface area contributed by atoms with Crippen LogP contribution in [0.1, 0.15) is 31.2 Å². The fourth-order valence-corrected chi connectivity index (χ4v) is 2.15. The number of rotatable bonds is 2. The van der Waals surface area contributed by atoms with E-state index < -0.39 is 0 Å². The first-order valence-electron chi connectivity index (χ1n) is 6.82. The van der Waals surface area contributed by atoms with Crippen molar-refractivity contribution in [1.29, 1.82) is 5.26 Å². The van der Waals surface area contributed by atoms with Gasteiger partial charge in [-0.1, -0.05) is 26.0 Å². The Morgan fingerprint density at radius 2 is 1.81 bits per heavy atom. The van der Waals surface area contributed by atoms with Gasteiger partial charge in [0.25, 0.3) is 0 Å². The van der Waals surface area contributed by atoms with Gasteiger partial charge in [0, 0.05) is 17.7 Å². The van der Waals surface area contributed by atoms with Crippen molar-refractivity contribution in [2.45, 2.75) is 19.8 Å². The number of nitriles is 1. The number of pyridine rings is 1. The molecular formula is C17H14N4. The van der Waals surface area contributed by atoms with Crippen LogP contribution >= 0.6 is 0 Å². The second-order valence-electron chi connectivity index (χ2n) is 5.15. The summed E-state index contributed by atoms with van der Waals surface area (Å²) in [6.45, 7) is 4.14. The van der Waals surface area contributed by atoms with Crippen LogP contribution in [0.4, 0.5) is 0 Å². The SMILES string of the molecule is CC(C)c1nc(-c2ccc(C#N)cc2)c2ncccc2n1. The summed E-state index contributed by atoms with van der Waals surface area (Å²) in [6.07, 6.45) is 1.74. The van der Waals surface area contributed by atoms with E-state index in [9.17, 15) is 0 Å². The van der Waals surface area contributed by atoms with E-state index in [4.69, 9.17) is 5.26 Å². The summed E-state index contributed by atoms with van der Waals surface area (Å²) in [5, 5.41) is 8.90. The second kappa shape index (κ2) is 5.29. The van der Waals surface area contributed by atoms with Crippen LogP contribution < -0.4 is 0 Å². The van der Waals surface area contributed by atoms with Crippen molar-refractivity contribution < 1.29 is 0 Å². The van der Waals surface area contributed by atoms with Crippen LogP contribution in [0.15, 0.2) is 42.6 Å². The lowest BCUT2D eigenvalue weighted by atomic mass is 10.1. The lowest BCUT2D eigenvalue weighted by Gasteiger charge is -2.10. The highest BCUT2D eigenvalue weighted by Crippen LogP contribution is 2.26. The highest BCUT2D eigenvalue weighted by molar-refractivity contribution is 5.88. The Kier molecular flexibility index (Phi) is 3.33. The first-order valence-corrected chi connectivity index (χ1v) is 6.82. The molecule has 0 spiro atoms. The minimum atomic E-state index is 0.242. The molecule has 0 aliphatic heterocycles. The zero-order valence-corrected chi connectivity index (χ0v) is 11.9. The Hall–Kier alpha value is -2.80. The molecule has 0 atom stereocenters. The van der Waals surface area contributed by atoms with Gasteiger partial charge < -0.3 is 0 Å². The monoisotopic (exact) mass is 274 g/mol. The lowest BCUT2D eigenvalue weighted by Crippen LogP contribution is -2.01. The van der Waals surface area contributed by atoms with Crippen LogP contribution in [0.2, 0.25) is 0 Å². The summed E-state index contributed by atoms with van der Waals surface area (Å²) in [5.74, 6) is 1.04. The third-order valence-electron chi connectivity index (χ3n) is 3.28. The Morgan fingerprint density at radius 3 is 2.48 bits per heavy atom. The molecule has 0 N–H and O–H groups in total. The molecule has 0 bridgehead atoms. The first kappa shape index (κ1) is 13.2. The van der Waals surface area contributed by atoms with Crippen LogP contribution in [-0.2, 0) is 0 Å². The molecule has 0 saturated heterocycles. The molecule has 2 heterocycles. The van der Waals surface area contributed by atoms with Crippen molar-refractivity contribution >= 4 is 11.0 Å². The number of aromatic nitrogens is 3. The van der Waals surface area contributed by atoms with Crippen LogP contribution in [0.25, 0.3) is 22.3 Å². The van der Waals surface area contributed by atoms with Crippen molar-refractivity contribution in [3.63, 3.8) is 0 Å². The van der Waals surface area contributed by atoms with E-state index in [1.165, 1.54) is 0 Å². The highest BCUT2D eigenvalue weighted by Gasteiger charge is 2.12. The summed E-state index contributed by atoms with van der Waals surface area (Å²) in [5.41, 5.74) is 4.02. The third-order valence-corrected chi connectivity index (χ3v) is 3.28. The van der Waals surface area contributed by atoms with Gasteiger partial charge in [0.15, 0.2) is 0 Å². The van der Waals surface area contributed by atoms with Gasteiger partial charge in [0.2, 0.25) is 0 Å². The van der Waals surface area contributed by atoms with E-state index in [1.807, 2.05) is 24.3 Å². The summed E-state index contributed by atoms with van der Waals surface area (Å²) < 4.78 is 0. The molecular weight excluding hydrogens is 260 g/mol. The predicted octanol–water partition coefficient (Wildman–Crippen LogP) is 3.69. The standard InChI is InChI=1S/C17H14N4/c1-11(2)17-20-14-4-3-9-19-16(14)15(21-17)13-7-5-12(10-18)6-8-13/h3-9,11H,1-2H3. The topological polar surface area (TPSA) is 62.5 Å². The molecule has 0 radical (unpaired) electrons. The second-order valence-corrected chi connectivity index (χ2v) is 5.15. The minimum Gasteiger partial charge on any atom is -0.252 e. The molecule has 0 aliphatic carbocycles. The minimum absolute atomic E-state index is 0.242. The maximum Gasteiger partial charge on any atom is 0.132 e.